The third-order valence-electron chi connectivity index (χ3n) is 4.27. The summed E-state index contributed by atoms with van der Waals surface area (Å²) in [5, 5.41) is 30.2. The molecule has 0 heterocycles. The molecule has 7 heteroatoms. The second kappa shape index (κ2) is 7.22. The largest absolute Gasteiger partial charge is 0.481 e. The molecule has 0 amide bonds. The Morgan fingerprint density at radius 3 is 2.77 bits per heavy atom. The van der Waals surface area contributed by atoms with E-state index in [-0.39, 0.29) is 18.1 Å². The molecule has 0 spiro atoms. The molecule has 2 unspecified atom stereocenters. The van der Waals surface area contributed by atoms with Crippen LogP contribution in [0.1, 0.15) is 35.4 Å². The topological polar surface area (TPSA) is 89.8 Å². The fraction of sp³-hybridized carbons (Fsp3) is 0.533. The molecule has 0 bridgehead atoms. The Bertz CT molecular complexity index is 553. The first-order chi connectivity index (χ1) is 10.4. The molecule has 22 heavy (non-hydrogen) atoms. The Morgan fingerprint density at radius 2 is 2.18 bits per heavy atom. The summed E-state index contributed by atoms with van der Waals surface area (Å²) in [6.45, 7) is 0.354. The van der Waals surface area contributed by atoms with Gasteiger partial charge in [-0.05, 0) is 49.3 Å². The summed E-state index contributed by atoms with van der Waals surface area (Å²) >= 11 is 0. The highest BCUT2D eigenvalue weighted by molar-refractivity contribution is 6.40. The van der Waals surface area contributed by atoms with Crippen molar-refractivity contribution in [2.24, 2.45) is 5.92 Å². The van der Waals surface area contributed by atoms with E-state index in [9.17, 15) is 14.3 Å². The van der Waals surface area contributed by atoms with Gasteiger partial charge in [-0.1, -0.05) is 12.5 Å². The molecule has 4 N–H and O–H groups in total. The number of rotatable bonds is 7. The van der Waals surface area contributed by atoms with Crippen molar-refractivity contribution in [2.45, 2.75) is 38.0 Å². The molecule has 1 aromatic carbocycles. The number of carbonyl (C=O) groups is 1. The van der Waals surface area contributed by atoms with Crippen molar-refractivity contribution in [1.82, 2.24) is 5.32 Å². The highest BCUT2D eigenvalue weighted by atomic mass is 19.1. The molecule has 0 aliphatic heterocycles. The first kappa shape index (κ1) is 16.9. The standard InChI is InChI=1S/C15H21BFNO4/c1-18-8-11-6-12-10(7-13(11)17)5-9(14(12)15(19)20)3-2-4-16(21)22/h6-7,9,14,18,21-22H,2-5,8H2,1H3,(H,19,20). The van der Waals surface area contributed by atoms with Gasteiger partial charge in [-0.25, -0.2) is 4.39 Å². The van der Waals surface area contributed by atoms with E-state index >= 15 is 0 Å². The quantitative estimate of drug-likeness (QED) is 0.567. The monoisotopic (exact) mass is 309 g/mol. The van der Waals surface area contributed by atoms with Crippen LogP contribution in [-0.2, 0) is 17.8 Å². The minimum atomic E-state index is -1.37. The molecule has 0 saturated heterocycles. The lowest BCUT2D eigenvalue weighted by Gasteiger charge is -2.16. The lowest BCUT2D eigenvalue weighted by atomic mass is 9.80. The minimum absolute atomic E-state index is 0.129. The summed E-state index contributed by atoms with van der Waals surface area (Å²) in [4.78, 5) is 11.6. The zero-order valence-corrected chi connectivity index (χ0v) is 12.6. The van der Waals surface area contributed by atoms with Gasteiger partial charge in [0.25, 0.3) is 0 Å². The van der Waals surface area contributed by atoms with Crippen molar-refractivity contribution >= 4 is 13.1 Å². The van der Waals surface area contributed by atoms with Crippen molar-refractivity contribution in [3.05, 3.63) is 34.6 Å². The van der Waals surface area contributed by atoms with Crippen molar-refractivity contribution < 1.29 is 24.3 Å². The Balaban J connectivity index is 2.21. The predicted octanol–water partition coefficient (Wildman–Crippen LogP) is 1.14. The molecule has 120 valence electrons. The van der Waals surface area contributed by atoms with E-state index in [1.165, 1.54) is 6.07 Å². The molecule has 0 aromatic heterocycles. The molecule has 0 saturated carbocycles. The molecule has 2 atom stereocenters. The second-order valence-corrected chi connectivity index (χ2v) is 5.86. The van der Waals surface area contributed by atoms with E-state index in [4.69, 9.17) is 10.0 Å². The number of hydrogen-bond donors (Lipinski definition) is 4. The number of aliphatic carboxylic acids is 1. The summed E-state index contributed by atoms with van der Waals surface area (Å²) in [6, 6.07) is 3.10. The van der Waals surface area contributed by atoms with Gasteiger partial charge in [0, 0.05) is 12.1 Å². The summed E-state index contributed by atoms with van der Waals surface area (Å²) in [6.07, 6.45) is 1.85. The summed E-state index contributed by atoms with van der Waals surface area (Å²) in [7, 11) is 0.344. The van der Waals surface area contributed by atoms with Crippen LogP contribution in [0.2, 0.25) is 6.32 Å². The van der Waals surface area contributed by atoms with E-state index in [2.05, 4.69) is 5.32 Å². The number of carboxylic acids is 1. The average Bonchev–Trinajstić information content (AvgIpc) is 2.76. The number of halogens is 1. The van der Waals surface area contributed by atoms with Gasteiger partial charge in [0.15, 0.2) is 0 Å². The number of benzene rings is 1. The van der Waals surface area contributed by atoms with Crippen molar-refractivity contribution in [3.8, 4) is 0 Å². The van der Waals surface area contributed by atoms with Crippen LogP contribution >= 0.6 is 0 Å². The Kier molecular flexibility index (Phi) is 5.55. The molecule has 1 aliphatic carbocycles. The van der Waals surface area contributed by atoms with Gasteiger partial charge in [0.05, 0.1) is 5.92 Å². The van der Waals surface area contributed by atoms with Gasteiger partial charge in [0.1, 0.15) is 5.82 Å². The van der Waals surface area contributed by atoms with Crippen LogP contribution in [0, 0.1) is 11.7 Å². The summed E-state index contributed by atoms with van der Waals surface area (Å²) in [5.41, 5.74) is 1.91. The molecule has 0 radical (unpaired) electrons. The number of carboxylic acid groups (broad SMARTS) is 1. The van der Waals surface area contributed by atoms with Crippen LogP contribution < -0.4 is 5.32 Å². The number of hydrogen-bond acceptors (Lipinski definition) is 4. The first-order valence-corrected chi connectivity index (χ1v) is 7.48. The third-order valence-corrected chi connectivity index (χ3v) is 4.27. The normalized spacial score (nSPS) is 20.0. The SMILES string of the molecule is CNCc1cc2c(cc1F)CC(CCCB(O)O)C2C(=O)O. The van der Waals surface area contributed by atoms with Gasteiger partial charge < -0.3 is 20.5 Å². The maximum absolute atomic E-state index is 14.0. The Morgan fingerprint density at radius 1 is 1.45 bits per heavy atom. The van der Waals surface area contributed by atoms with Gasteiger partial charge in [-0.3, -0.25) is 4.79 Å². The Labute approximate surface area is 129 Å². The molecule has 2 rings (SSSR count). The summed E-state index contributed by atoms with van der Waals surface area (Å²) in [5.74, 6) is -2.00. The van der Waals surface area contributed by atoms with Crippen LogP contribution in [-0.4, -0.2) is 35.3 Å². The van der Waals surface area contributed by atoms with E-state index < -0.39 is 19.0 Å². The van der Waals surface area contributed by atoms with Crippen LogP contribution in [0.4, 0.5) is 4.39 Å². The minimum Gasteiger partial charge on any atom is -0.481 e. The predicted molar refractivity (Wildman–Crippen MR) is 81.0 cm³/mol. The zero-order chi connectivity index (χ0) is 16.3. The van der Waals surface area contributed by atoms with Crippen LogP contribution in [0.3, 0.4) is 0 Å². The maximum atomic E-state index is 14.0. The Hall–Kier alpha value is -1.44. The molecule has 0 fully saturated rings. The van der Waals surface area contributed by atoms with Crippen LogP contribution in [0.25, 0.3) is 0 Å². The van der Waals surface area contributed by atoms with Gasteiger partial charge >= 0.3 is 13.1 Å². The smallest absolute Gasteiger partial charge is 0.451 e. The van der Waals surface area contributed by atoms with Crippen molar-refractivity contribution in [1.29, 1.82) is 0 Å². The van der Waals surface area contributed by atoms with Crippen molar-refractivity contribution in [3.63, 3.8) is 0 Å². The number of nitrogens with one attached hydrogen (secondary N) is 1. The van der Waals surface area contributed by atoms with E-state index in [1.54, 1.807) is 13.1 Å². The van der Waals surface area contributed by atoms with Gasteiger partial charge in [-0.15, -0.1) is 0 Å². The molecular formula is C15H21BFNO4. The fourth-order valence-corrected chi connectivity index (χ4v) is 3.29. The lowest BCUT2D eigenvalue weighted by molar-refractivity contribution is -0.139. The number of fused-ring (bicyclic) bond motifs is 1. The van der Waals surface area contributed by atoms with E-state index in [1.807, 2.05) is 0 Å². The van der Waals surface area contributed by atoms with Crippen LogP contribution in [0.15, 0.2) is 12.1 Å². The molecule has 1 aromatic rings. The zero-order valence-electron chi connectivity index (χ0n) is 12.6. The molecule has 5 nitrogen and oxygen atoms in total. The first-order valence-electron chi connectivity index (χ1n) is 7.48. The average molecular weight is 309 g/mol. The fourth-order valence-electron chi connectivity index (χ4n) is 3.29. The van der Waals surface area contributed by atoms with E-state index in [0.717, 1.165) is 5.56 Å². The van der Waals surface area contributed by atoms with Crippen molar-refractivity contribution in [2.75, 3.05) is 7.05 Å². The summed E-state index contributed by atoms with van der Waals surface area (Å²) < 4.78 is 14.0. The van der Waals surface area contributed by atoms with Gasteiger partial charge in [-0.2, -0.15) is 0 Å². The highest BCUT2D eigenvalue weighted by Gasteiger charge is 2.38. The highest BCUT2D eigenvalue weighted by Crippen LogP contribution is 2.41. The lowest BCUT2D eigenvalue weighted by Crippen LogP contribution is -2.19. The molecule has 1 aliphatic rings. The van der Waals surface area contributed by atoms with Crippen LogP contribution in [0.5, 0.6) is 0 Å². The van der Waals surface area contributed by atoms with E-state index in [0.29, 0.717) is 36.9 Å². The second-order valence-electron chi connectivity index (χ2n) is 5.86. The third kappa shape index (κ3) is 3.66. The van der Waals surface area contributed by atoms with Gasteiger partial charge in [0.2, 0.25) is 0 Å². The maximum Gasteiger partial charge on any atom is 0.451 e. The molecular weight excluding hydrogens is 288 g/mol.